The zero-order valence-corrected chi connectivity index (χ0v) is 13.6. The molecule has 0 atom stereocenters. The van der Waals surface area contributed by atoms with Crippen molar-refractivity contribution in [3.05, 3.63) is 31.9 Å². The highest BCUT2D eigenvalue weighted by atomic mass is 35.5. The van der Waals surface area contributed by atoms with Gasteiger partial charge in [-0.25, -0.2) is 9.78 Å². The summed E-state index contributed by atoms with van der Waals surface area (Å²) in [4.78, 5) is 19.1. The molecule has 0 unspecified atom stereocenters. The third-order valence-corrected chi connectivity index (χ3v) is 5.13. The molecule has 0 radical (unpaired) electrons. The number of carbonyl (C=O) groups is 1. The lowest BCUT2D eigenvalue weighted by Crippen LogP contribution is -2.15. The van der Waals surface area contributed by atoms with Gasteiger partial charge >= 0.3 is 5.97 Å². The summed E-state index contributed by atoms with van der Waals surface area (Å²) in [5.74, 6) is -0.898. The number of nitrogens with zero attached hydrogens (tertiary/aromatic N) is 2. The third kappa shape index (κ3) is 3.50. The zero-order valence-electron chi connectivity index (χ0n) is 11.2. The Balaban J connectivity index is 2.19. The van der Waals surface area contributed by atoms with Crippen LogP contribution in [0.25, 0.3) is 0 Å². The van der Waals surface area contributed by atoms with Gasteiger partial charge in [-0.05, 0) is 18.6 Å². The lowest BCUT2D eigenvalue weighted by atomic mass is 10.2. The van der Waals surface area contributed by atoms with Crippen molar-refractivity contribution in [2.75, 3.05) is 11.9 Å². The molecule has 0 aliphatic carbocycles. The van der Waals surface area contributed by atoms with Gasteiger partial charge in [-0.3, -0.25) is 0 Å². The molecule has 2 aromatic heterocycles. The van der Waals surface area contributed by atoms with Crippen LogP contribution in [0.1, 0.15) is 33.6 Å². The number of carboxylic acid groups (broad SMARTS) is 1. The van der Waals surface area contributed by atoms with Crippen molar-refractivity contribution < 1.29 is 9.90 Å². The number of hydrogen-bond acceptors (Lipinski definition) is 5. The number of rotatable bonds is 6. The Morgan fingerprint density at radius 3 is 2.75 bits per heavy atom. The summed E-state index contributed by atoms with van der Waals surface area (Å²) in [7, 11) is 1.91. The number of aromatic carboxylic acids is 1. The second-order valence-electron chi connectivity index (χ2n) is 4.39. The highest BCUT2D eigenvalue weighted by Crippen LogP contribution is 2.29. The number of thiophene rings is 1. The number of carboxylic acids is 1. The average Bonchev–Trinajstić information content (AvgIpc) is 2.96. The Bertz CT molecular complexity index is 609. The lowest BCUT2D eigenvalue weighted by Gasteiger charge is -2.13. The van der Waals surface area contributed by atoms with Crippen molar-refractivity contribution in [1.29, 1.82) is 0 Å². The maximum absolute atomic E-state index is 11.2. The van der Waals surface area contributed by atoms with E-state index < -0.39 is 5.97 Å². The molecule has 0 aromatic carbocycles. The molecule has 20 heavy (non-hydrogen) atoms. The molecule has 2 rings (SSSR count). The predicted molar refractivity (Wildman–Crippen MR) is 84.5 cm³/mol. The molecule has 0 aliphatic heterocycles. The summed E-state index contributed by atoms with van der Waals surface area (Å²) in [6.07, 6.45) is 1.57. The summed E-state index contributed by atoms with van der Waals surface area (Å²) in [5.41, 5.74) is 0.677. The van der Waals surface area contributed by atoms with E-state index in [1.807, 2.05) is 31.0 Å². The minimum Gasteiger partial charge on any atom is -0.477 e. The molecule has 0 spiro atoms. The normalized spacial score (nSPS) is 10.8. The van der Waals surface area contributed by atoms with Crippen molar-refractivity contribution in [1.82, 2.24) is 4.98 Å². The number of thiazole rings is 1. The van der Waals surface area contributed by atoms with E-state index in [9.17, 15) is 9.90 Å². The van der Waals surface area contributed by atoms with Gasteiger partial charge in [0.05, 0.1) is 16.6 Å². The molecule has 2 heterocycles. The van der Waals surface area contributed by atoms with Gasteiger partial charge in [0.1, 0.15) is 4.88 Å². The summed E-state index contributed by atoms with van der Waals surface area (Å²) in [6, 6.07) is 3.84. The molecular formula is C13H15ClN2O2S2. The number of aromatic nitrogens is 1. The maximum atomic E-state index is 11.2. The average molecular weight is 331 g/mol. The monoisotopic (exact) mass is 330 g/mol. The molecule has 0 fully saturated rings. The van der Waals surface area contributed by atoms with Crippen molar-refractivity contribution in [2.45, 2.75) is 26.3 Å². The van der Waals surface area contributed by atoms with Crippen molar-refractivity contribution >= 4 is 45.4 Å². The Hall–Kier alpha value is -1.11. The topological polar surface area (TPSA) is 53.4 Å². The van der Waals surface area contributed by atoms with Crippen LogP contribution in [0.4, 0.5) is 5.13 Å². The lowest BCUT2D eigenvalue weighted by molar-refractivity contribution is 0.0700. The Kier molecular flexibility index (Phi) is 5.01. The highest BCUT2D eigenvalue weighted by molar-refractivity contribution is 7.17. The number of anilines is 1. The van der Waals surface area contributed by atoms with Crippen LogP contribution < -0.4 is 4.90 Å². The van der Waals surface area contributed by atoms with E-state index >= 15 is 0 Å². The first-order chi connectivity index (χ1) is 9.51. The third-order valence-electron chi connectivity index (χ3n) is 2.72. The largest absolute Gasteiger partial charge is 0.477 e. The van der Waals surface area contributed by atoms with Crippen molar-refractivity contribution in [3.63, 3.8) is 0 Å². The van der Waals surface area contributed by atoms with Gasteiger partial charge in [0, 0.05) is 11.9 Å². The highest BCUT2D eigenvalue weighted by Gasteiger charge is 2.18. The Morgan fingerprint density at radius 1 is 1.45 bits per heavy atom. The summed E-state index contributed by atoms with van der Waals surface area (Å²) in [6.45, 7) is 2.69. The van der Waals surface area contributed by atoms with Crippen LogP contribution in [-0.2, 0) is 13.0 Å². The van der Waals surface area contributed by atoms with Gasteiger partial charge in [0.2, 0.25) is 0 Å². The first-order valence-electron chi connectivity index (χ1n) is 6.19. The van der Waals surface area contributed by atoms with E-state index in [4.69, 9.17) is 11.6 Å². The van der Waals surface area contributed by atoms with E-state index in [1.165, 1.54) is 22.7 Å². The smallest absolute Gasteiger partial charge is 0.347 e. The van der Waals surface area contributed by atoms with Crippen LogP contribution in [0.5, 0.6) is 0 Å². The van der Waals surface area contributed by atoms with Gasteiger partial charge in [0.25, 0.3) is 0 Å². The molecule has 0 amide bonds. The van der Waals surface area contributed by atoms with Crippen LogP contribution >= 0.6 is 34.3 Å². The van der Waals surface area contributed by atoms with Gasteiger partial charge in [0.15, 0.2) is 5.13 Å². The molecule has 108 valence electrons. The van der Waals surface area contributed by atoms with Crippen LogP contribution in [0, 0.1) is 0 Å². The molecule has 4 nitrogen and oxygen atoms in total. The number of hydrogen-bond donors (Lipinski definition) is 1. The molecule has 2 aromatic rings. The SMILES string of the molecule is CCCc1nc(N(C)Cc2ccc(Cl)s2)sc1C(=O)O. The first kappa shape index (κ1) is 15.3. The standard InChI is InChI=1S/C13H15ClN2O2S2/c1-3-4-9-11(12(17)18)20-13(15-9)16(2)7-8-5-6-10(14)19-8/h5-6H,3-4,7H2,1-2H3,(H,17,18). The molecule has 1 N–H and O–H groups in total. The number of aryl methyl sites for hydroxylation is 1. The fourth-order valence-electron chi connectivity index (χ4n) is 1.81. The van der Waals surface area contributed by atoms with Crippen molar-refractivity contribution in [2.24, 2.45) is 0 Å². The summed E-state index contributed by atoms with van der Waals surface area (Å²) in [5, 5.41) is 9.95. The fourth-order valence-corrected chi connectivity index (χ4v) is 3.87. The van der Waals surface area contributed by atoms with Crippen LogP contribution in [0.15, 0.2) is 12.1 Å². The molecule has 0 saturated heterocycles. The maximum Gasteiger partial charge on any atom is 0.347 e. The fraction of sp³-hybridized carbons (Fsp3) is 0.385. The molecule has 7 heteroatoms. The molecule has 0 bridgehead atoms. The Morgan fingerprint density at radius 2 is 2.20 bits per heavy atom. The zero-order chi connectivity index (χ0) is 14.7. The minimum absolute atomic E-state index is 0.345. The van der Waals surface area contributed by atoms with Crippen LogP contribution in [0.2, 0.25) is 4.34 Å². The van der Waals surface area contributed by atoms with E-state index in [2.05, 4.69) is 4.98 Å². The summed E-state index contributed by atoms with van der Waals surface area (Å²) < 4.78 is 0.755. The minimum atomic E-state index is -0.898. The molecular weight excluding hydrogens is 316 g/mol. The number of halogens is 1. The van der Waals surface area contributed by atoms with E-state index in [0.29, 0.717) is 23.5 Å². The van der Waals surface area contributed by atoms with Gasteiger partial charge in [-0.15, -0.1) is 11.3 Å². The van der Waals surface area contributed by atoms with Gasteiger partial charge in [-0.1, -0.05) is 36.3 Å². The Labute approximate surface area is 130 Å². The van der Waals surface area contributed by atoms with Crippen LogP contribution in [-0.4, -0.2) is 23.1 Å². The van der Waals surface area contributed by atoms with E-state index in [-0.39, 0.29) is 0 Å². The molecule has 0 saturated carbocycles. The van der Waals surface area contributed by atoms with E-state index in [1.54, 1.807) is 0 Å². The first-order valence-corrected chi connectivity index (χ1v) is 8.20. The van der Waals surface area contributed by atoms with Crippen LogP contribution in [0.3, 0.4) is 0 Å². The van der Waals surface area contributed by atoms with Gasteiger partial charge < -0.3 is 10.0 Å². The second-order valence-corrected chi connectivity index (χ2v) is 7.17. The predicted octanol–water partition coefficient (Wildman–Crippen LogP) is 4.15. The van der Waals surface area contributed by atoms with E-state index in [0.717, 1.165) is 20.8 Å². The second kappa shape index (κ2) is 6.56. The summed E-state index contributed by atoms with van der Waals surface area (Å²) >= 11 is 8.66. The quantitative estimate of drug-likeness (QED) is 0.864. The molecule has 0 aliphatic rings. The van der Waals surface area contributed by atoms with Crippen molar-refractivity contribution in [3.8, 4) is 0 Å². The van der Waals surface area contributed by atoms with Gasteiger partial charge in [-0.2, -0.15) is 0 Å².